The fourth-order valence-corrected chi connectivity index (χ4v) is 4.38. The second-order valence-corrected chi connectivity index (χ2v) is 9.03. The molecule has 0 bridgehead atoms. The number of para-hydroxylation sites is 1. The molecular formula is C29H24N8S. The average molecular weight is 517 g/mol. The number of aryl methyl sites for hydroxylation is 1. The standard InChI is InChI=1S/C29H24N8S/c1-19-8-7-13-26(37-28(31)22(17-30)18-32-37)23(19)16-21-11-5-6-12-24(21)33-29(38)34-27-15-14-25(35-36-27)20-9-3-2-4-10-20/h2-15,18H,16,31H2,1H3,(H2,33,34,36,38). The maximum Gasteiger partial charge on any atom is 0.176 e. The van der Waals surface area contributed by atoms with E-state index in [9.17, 15) is 5.26 Å². The van der Waals surface area contributed by atoms with Crippen molar-refractivity contribution < 1.29 is 0 Å². The van der Waals surface area contributed by atoms with Crippen LogP contribution >= 0.6 is 12.2 Å². The zero-order valence-corrected chi connectivity index (χ0v) is 21.4. The van der Waals surface area contributed by atoms with Crippen LogP contribution in [-0.4, -0.2) is 25.1 Å². The first kappa shape index (κ1) is 24.6. The lowest BCUT2D eigenvalue weighted by Crippen LogP contribution is -2.21. The Hall–Kier alpha value is -5.07. The topological polar surface area (TPSA) is 117 Å². The van der Waals surface area contributed by atoms with E-state index in [-0.39, 0.29) is 0 Å². The van der Waals surface area contributed by atoms with E-state index in [0.29, 0.717) is 28.7 Å². The van der Waals surface area contributed by atoms with Crippen molar-refractivity contribution in [2.24, 2.45) is 0 Å². The van der Waals surface area contributed by atoms with Crippen molar-refractivity contribution in [3.8, 4) is 23.0 Å². The molecule has 2 aromatic heterocycles. The molecule has 0 amide bonds. The van der Waals surface area contributed by atoms with Crippen molar-refractivity contribution in [3.63, 3.8) is 0 Å². The van der Waals surface area contributed by atoms with Crippen molar-refractivity contribution >= 4 is 34.7 Å². The first-order valence-corrected chi connectivity index (χ1v) is 12.3. The van der Waals surface area contributed by atoms with Crippen LogP contribution in [0.2, 0.25) is 0 Å². The molecule has 4 N–H and O–H groups in total. The molecule has 0 fully saturated rings. The number of thiocarbonyl (C=S) groups is 1. The molecular weight excluding hydrogens is 492 g/mol. The molecule has 8 nitrogen and oxygen atoms in total. The number of aromatic nitrogens is 4. The molecule has 0 aliphatic carbocycles. The van der Waals surface area contributed by atoms with Gasteiger partial charge in [-0.25, -0.2) is 4.68 Å². The van der Waals surface area contributed by atoms with Crippen molar-refractivity contribution in [2.75, 3.05) is 16.4 Å². The molecule has 3 aromatic carbocycles. The van der Waals surface area contributed by atoms with Crippen LogP contribution in [0.25, 0.3) is 16.9 Å². The summed E-state index contributed by atoms with van der Waals surface area (Å²) in [7, 11) is 0. The summed E-state index contributed by atoms with van der Waals surface area (Å²) in [6, 6.07) is 29.6. The lowest BCUT2D eigenvalue weighted by atomic mass is 9.97. The summed E-state index contributed by atoms with van der Waals surface area (Å²) < 4.78 is 1.61. The highest BCUT2D eigenvalue weighted by molar-refractivity contribution is 7.80. The predicted molar refractivity (Wildman–Crippen MR) is 154 cm³/mol. The minimum Gasteiger partial charge on any atom is -0.382 e. The second kappa shape index (κ2) is 10.9. The average Bonchev–Trinajstić information content (AvgIpc) is 3.31. The molecule has 5 rings (SSSR count). The Morgan fingerprint density at radius 2 is 1.74 bits per heavy atom. The highest BCUT2D eigenvalue weighted by atomic mass is 32.1. The number of rotatable bonds is 6. The van der Waals surface area contributed by atoms with E-state index in [2.05, 4.69) is 32.0 Å². The third kappa shape index (κ3) is 5.21. The highest BCUT2D eigenvalue weighted by Gasteiger charge is 2.16. The van der Waals surface area contributed by atoms with Crippen LogP contribution in [0.1, 0.15) is 22.3 Å². The number of benzene rings is 3. The number of hydrogen-bond donors (Lipinski definition) is 3. The minimum absolute atomic E-state index is 0.315. The van der Waals surface area contributed by atoms with E-state index in [0.717, 1.165) is 39.3 Å². The molecule has 9 heteroatoms. The largest absolute Gasteiger partial charge is 0.382 e. The summed E-state index contributed by atoms with van der Waals surface area (Å²) >= 11 is 5.58. The molecule has 0 saturated carbocycles. The van der Waals surface area contributed by atoms with Gasteiger partial charge in [0.25, 0.3) is 0 Å². The Kier molecular flexibility index (Phi) is 7.06. The number of nitrogens with zero attached hydrogens (tertiary/aromatic N) is 5. The van der Waals surface area contributed by atoms with Crippen LogP contribution in [0, 0.1) is 18.3 Å². The number of nitrogens with two attached hydrogens (primary N) is 1. The third-order valence-corrected chi connectivity index (χ3v) is 6.35. The fourth-order valence-electron chi connectivity index (χ4n) is 4.17. The number of nitrogen functional groups attached to an aromatic ring is 1. The summed E-state index contributed by atoms with van der Waals surface area (Å²) in [5.41, 5.74) is 13.2. The Morgan fingerprint density at radius 1 is 0.947 bits per heavy atom. The van der Waals surface area contributed by atoms with E-state index in [1.807, 2.05) is 91.9 Å². The maximum atomic E-state index is 9.31. The zero-order valence-electron chi connectivity index (χ0n) is 20.6. The SMILES string of the molecule is Cc1cccc(-n2ncc(C#N)c2N)c1Cc1ccccc1NC(=S)Nc1ccc(-c2ccccc2)nn1. The molecule has 0 spiro atoms. The summed E-state index contributed by atoms with van der Waals surface area (Å²) in [4.78, 5) is 0. The van der Waals surface area contributed by atoms with Crippen LogP contribution in [-0.2, 0) is 6.42 Å². The molecule has 5 aromatic rings. The van der Waals surface area contributed by atoms with E-state index >= 15 is 0 Å². The van der Waals surface area contributed by atoms with Crippen molar-refractivity contribution in [2.45, 2.75) is 13.3 Å². The number of anilines is 3. The minimum atomic E-state index is 0.315. The molecule has 0 aliphatic heterocycles. The van der Waals surface area contributed by atoms with E-state index in [4.69, 9.17) is 18.0 Å². The Bertz CT molecular complexity index is 1640. The molecule has 0 atom stereocenters. The van der Waals surface area contributed by atoms with Crippen LogP contribution in [0.4, 0.5) is 17.3 Å². The molecule has 2 heterocycles. The highest BCUT2D eigenvalue weighted by Crippen LogP contribution is 2.28. The maximum absolute atomic E-state index is 9.31. The number of hydrogen-bond acceptors (Lipinski definition) is 6. The van der Waals surface area contributed by atoms with Crippen molar-refractivity contribution in [1.82, 2.24) is 20.0 Å². The van der Waals surface area contributed by atoms with Crippen LogP contribution in [0.15, 0.2) is 91.1 Å². The van der Waals surface area contributed by atoms with Gasteiger partial charge in [0.15, 0.2) is 10.9 Å². The molecule has 0 aliphatic rings. The van der Waals surface area contributed by atoms with Gasteiger partial charge in [-0.05, 0) is 60.1 Å². The molecule has 186 valence electrons. The van der Waals surface area contributed by atoms with E-state index in [1.165, 1.54) is 6.20 Å². The van der Waals surface area contributed by atoms with Gasteiger partial charge in [-0.2, -0.15) is 10.4 Å². The smallest absolute Gasteiger partial charge is 0.176 e. The van der Waals surface area contributed by atoms with Gasteiger partial charge in [-0.1, -0.05) is 60.7 Å². The van der Waals surface area contributed by atoms with Gasteiger partial charge >= 0.3 is 0 Å². The van der Waals surface area contributed by atoms with Crippen LogP contribution in [0.5, 0.6) is 0 Å². The number of nitrogens with one attached hydrogen (secondary N) is 2. The Labute approximate surface area is 225 Å². The molecule has 0 radical (unpaired) electrons. The van der Waals surface area contributed by atoms with Gasteiger partial charge in [0, 0.05) is 17.7 Å². The zero-order chi connectivity index (χ0) is 26.5. The lowest BCUT2D eigenvalue weighted by Gasteiger charge is -2.17. The van der Waals surface area contributed by atoms with Gasteiger partial charge in [0.05, 0.1) is 17.6 Å². The Morgan fingerprint density at radius 3 is 2.47 bits per heavy atom. The van der Waals surface area contributed by atoms with Gasteiger partial charge in [-0.15, -0.1) is 10.2 Å². The van der Waals surface area contributed by atoms with E-state index in [1.54, 1.807) is 4.68 Å². The first-order valence-electron chi connectivity index (χ1n) is 11.9. The summed E-state index contributed by atoms with van der Waals surface area (Å²) in [5, 5.41) is 29.0. The van der Waals surface area contributed by atoms with Gasteiger partial charge in [0.2, 0.25) is 0 Å². The van der Waals surface area contributed by atoms with Crippen molar-refractivity contribution in [1.29, 1.82) is 5.26 Å². The second-order valence-electron chi connectivity index (χ2n) is 8.62. The normalized spacial score (nSPS) is 10.5. The van der Waals surface area contributed by atoms with Gasteiger partial charge < -0.3 is 16.4 Å². The Balaban J connectivity index is 1.35. The third-order valence-electron chi connectivity index (χ3n) is 6.15. The summed E-state index contributed by atoms with van der Waals surface area (Å²) in [5.74, 6) is 0.860. The lowest BCUT2D eigenvalue weighted by molar-refractivity contribution is 0.873. The monoisotopic (exact) mass is 516 g/mol. The van der Waals surface area contributed by atoms with Crippen LogP contribution in [0.3, 0.4) is 0 Å². The van der Waals surface area contributed by atoms with Gasteiger partial charge in [-0.3, -0.25) is 0 Å². The van der Waals surface area contributed by atoms with Gasteiger partial charge in [0.1, 0.15) is 17.5 Å². The van der Waals surface area contributed by atoms with E-state index < -0.39 is 0 Å². The molecule has 38 heavy (non-hydrogen) atoms. The fraction of sp³-hybridized carbons (Fsp3) is 0.0690. The molecule has 0 unspecified atom stereocenters. The predicted octanol–water partition coefficient (Wildman–Crippen LogP) is 5.49. The summed E-state index contributed by atoms with van der Waals surface area (Å²) in [6.45, 7) is 2.05. The first-order chi connectivity index (χ1) is 18.5. The van der Waals surface area contributed by atoms with Crippen molar-refractivity contribution in [3.05, 3.63) is 113 Å². The van der Waals surface area contributed by atoms with Crippen LogP contribution < -0.4 is 16.4 Å². The molecule has 0 saturated heterocycles. The number of nitriles is 1. The summed E-state index contributed by atoms with van der Waals surface area (Å²) in [6.07, 6.45) is 2.08. The quantitative estimate of drug-likeness (QED) is 0.254.